The van der Waals surface area contributed by atoms with Gasteiger partial charge in [0.1, 0.15) is 23.3 Å². The first-order chi connectivity index (χ1) is 13.7. The highest BCUT2D eigenvalue weighted by Crippen LogP contribution is 2.38. The Balaban J connectivity index is 1.87. The number of nitrogens with two attached hydrogens (primary N) is 1. The van der Waals surface area contributed by atoms with Gasteiger partial charge in [0.2, 0.25) is 5.88 Å². The van der Waals surface area contributed by atoms with E-state index < -0.39 is 36.0 Å². The standard InChI is InChI=1S/C17H13BrClF3N4O3/c18-8-3-11(19)14(24-5-8)29-16(27)25-9-1-2-12(20)10(4-9)17(15(21)22)7-28-6-13(23)26-17/h1-5,15H,6-7H2,(H2,23,26)(H,25,27)/t17-/m0/s1. The van der Waals surface area contributed by atoms with Crippen LogP contribution in [0.2, 0.25) is 5.02 Å². The summed E-state index contributed by atoms with van der Waals surface area (Å²) in [7, 11) is 0. The molecule has 7 nitrogen and oxygen atoms in total. The maximum Gasteiger partial charge on any atom is 0.418 e. The number of amidine groups is 1. The number of hydrogen-bond donors (Lipinski definition) is 2. The number of alkyl halides is 2. The molecule has 1 aromatic carbocycles. The maximum atomic E-state index is 14.4. The largest absolute Gasteiger partial charge is 0.418 e. The summed E-state index contributed by atoms with van der Waals surface area (Å²) in [4.78, 5) is 19.7. The SMILES string of the molecule is NC1=N[C@@](c2cc(NC(=O)Oc3ncc(Br)cc3Cl)ccc2F)(C(F)F)COC1. The molecule has 0 saturated heterocycles. The lowest BCUT2D eigenvalue weighted by molar-refractivity contribution is -0.0145. The van der Waals surface area contributed by atoms with Crippen molar-refractivity contribution in [3.05, 3.63) is 51.3 Å². The zero-order valence-electron chi connectivity index (χ0n) is 14.5. The predicted molar refractivity (Wildman–Crippen MR) is 103 cm³/mol. The van der Waals surface area contributed by atoms with Crippen LogP contribution >= 0.6 is 27.5 Å². The van der Waals surface area contributed by atoms with Crippen molar-refractivity contribution < 1.29 is 27.4 Å². The molecule has 29 heavy (non-hydrogen) atoms. The Bertz CT molecular complexity index is 979. The zero-order chi connectivity index (χ0) is 21.2. The molecule has 2 aromatic rings. The van der Waals surface area contributed by atoms with Crippen molar-refractivity contribution >= 4 is 45.1 Å². The van der Waals surface area contributed by atoms with E-state index in [0.717, 1.165) is 12.1 Å². The second-order valence-corrected chi connectivity index (χ2v) is 7.29. The van der Waals surface area contributed by atoms with Crippen LogP contribution in [0.15, 0.2) is 39.9 Å². The van der Waals surface area contributed by atoms with Crippen LogP contribution in [-0.4, -0.2) is 36.6 Å². The molecule has 1 aliphatic rings. The van der Waals surface area contributed by atoms with Gasteiger partial charge in [-0.05, 0) is 40.2 Å². The molecule has 0 spiro atoms. The number of aliphatic imine (C=N–C) groups is 1. The van der Waals surface area contributed by atoms with Crippen LogP contribution in [0.4, 0.5) is 23.7 Å². The number of rotatable bonds is 4. The van der Waals surface area contributed by atoms with E-state index in [-0.39, 0.29) is 29.0 Å². The van der Waals surface area contributed by atoms with Crippen molar-refractivity contribution in [2.45, 2.75) is 12.0 Å². The van der Waals surface area contributed by atoms with Crippen LogP contribution in [0, 0.1) is 5.82 Å². The number of carbonyl (C=O) groups excluding carboxylic acids is 1. The number of nitrogens with zero attached hydrogens (tertiary/aromatic N) is 2. The number of pyridine rings is 1. The lowest BCUT2D eigenvalue weighted by Gasteiger charge is -2.33. The summed E-state index contributed by atoms with van der Waals surface area (Å²) >= 11 is 9.08. The maximum absolute atomic E-state index is 14.4. The minimum Gasteiger partial charge on any atom is -0.389 e. The molecular weight excluding hydrogens is 481 g/mol. The molecule has 154 valence electrons. The number of ether oxygens (including phenoxy) is 2. The molecule has 3 N–H and O–H groups in total. The van der Waals surface area contributed by atoms with E-state index in [0.29, 0.717) is 4.47 Å². The van der Waals surface area contributed by atoms with E-state index in [9.17, 15) is 18.0 Å². The number of nitrogens with one attached hydrogen (secondary N) is 1. The molecule has 12 heteroatoms. The number of hydrogen-bond acceptors (Lipinski definition) is 6. The van der Waals surface area contributed by atoms with Gasteiger partial charge >= 0.3 is 6.09 Å². The van der Waals surface area contributed by atoms with E-state index in [1.54, 1.807) is 0 Å². The van der Waals surface area contributed by atoms with Gasteiger partial charge in [-0.15, -0.1) is 0 Å². The number of amides is 1. The molecule has 3 rings (SSSR count). The molecule has 1 atom stereocenters. The van der Waals surface area contributed by atoms with Gasteiger partial charge in [-0.3, -0.25) is 10.3 Å². The Kier molecular flexibility index (Phi) is 6.30. The monoisotopic (exact) mass is 492 g/mol. The first-order valence-electron chi connectivity index (χ1n) is 8.01. The topological polar surface area (TPSA) is 98.8 Å². The average Bonchev–Trinajstić information content (AvgIpc) is 2.65. The Morgan fingerprint density at radius 2 is 2.17 bits per heavy atom. The third-order valence-corrected chi connectivity index (χ3v) is 4.62. The highest BCUT2D eigenvalue weighted by Gasteiger charge is 2.46. The summed E-state index contributed by atoms with van der Waals surface area (Å²) in [6, 6.07) is 4.57. The van der Waals surface area contributed by atoms with Gasteiger partial charge in [-0.1, -0.05) is 11.6 Å². The Hall–Kier alpha value is -2.37. The first-order valence-corrected chi connectivity index (χ1v) is 9.18. The summed E-state index contributed by atoms with van der Waals surface area (Å²) in [5.74, 6) is -1.31. The van der Waals surface area contributed by atoms with Gasteiger partial charge in [0.05, 0.1) is 6.61 Å². The number of halogens is 5. The quantitative estimate of drug-likeness (QED) is 0.668. The fourth-order valence-corrected chi connectivity index (χ4v) is 3.31. The Morgan fingerprint density at radius 3 is 2.83 bits per heavy atom. The number of carbonyl (C=O) groups is 1. The van der Waals surface area contributed by atoms with Crippen LogP contribution in [0.3, 0.4) is 0 Å². The normalized spacial score (nSPS) is 19.0. The van der Waals surface area contributed by atoms with Gasteiger partial charge in [-0.2, -0.15) is 0 Å². The first kappa shape index (κ1) is 21.3. The lowest BCUT2D eigenvalue weighted by Crippen LogP contribution is -2.45. The van der Waals surface area contributed by atoms with Crippen molar-refractivity contribution in [1.82, 2.24) is 4.98 Å². The van der Waals surface area contributed by atoms with E-state index in [1.165, 1.54) is 18.3 Å². The Morgan fingerprint density at radius 1 is 1.41 bits per heavy atom. The molecular formula is C17H13BrClF3N4O3. The van der Waals surface area contributed by atoms with Gasteiger partial charge in [0.25, 0.3) is 6.43 Å². The number of anilines is 1. The van der Waals surface area contributed by atoms with Crippen molar-refractivity contribution in [3.8, 4) is 5.88 Å². The third kappa shape index (κ3) is 4.62. The van der Waals surface area contributed by atoms with Gasteiger partial charge in [0, 0.05) is 21.9 Å². The number of benzene rings is 1. The van der Waals surface area contributed by atoms with Crippen LogP contribution in [0.1, 0.15) is 5.56 Å². The summed E-state index contributed by atoms with van der Waals surface area (Å²) in [5, 5.41) is 2.37. The van der Waals surface area contributed by atoms with Gasteiger partial charge in [0.15, 0.2) is 5.54 Å². The van der Waals surface area contributed by atoms with Gasteiger partial charge < -0.3 is 15.2 Å². The van der Waals surface area contributed by atoms with Crippen molar-refractivity contribution in [3.63, 3.8) is 0 Å². The fourth-order valence-electron chi connectivity index (χ4n) is 2.64. The predicted octanol–water partition coefficient (Wildman–Crippen LogP) is 4.10. The van der Waals surface area contributed by atoms with Crippen LogP contribution < -0.4 is 15.8 Å². The van der Waals surface area contributed by atoms with Crippen LogP contribution in [0.5, 0.6) is 5.88 Å². The second-order valence-electron chi connectivity index (χ2n) is 5.97. The minimum absolute atomic E-state index is 0.0148. The van der Waals surface area contributed by atoms with Crippen molar-refractivity contribution in [2.75, 3.05) is 18.5 Å². The van der Waals surface area contributed by atoms with E-state index in [1.807, 2.05) is 0 Å². The highest BCUT2D eigenvalue weighted by molar-refractivity contribution is 9.10. The lowest BCUT2D eigenvalue weighted by atomic mass is 9.90. The summed E-state index contributed by atoms with van der Waals surface area (Å²) < 4.78 is 52.6. The molecule has 0 saturated carbocycles. The van der Waals surface area contributed by atoms with E-state index in [2.05, 4.69) is 31.2 Å². The van der Waals surface area contributed by atoms with E-state index in [4.69, 9.17) is 26.8 Å². The molecule has 0 fully saturated rings. The van der Waals surface area contributed by atoms with Crippen LogP contribution in [-0.2, 0) is 10.3 Å². The molecule has 1 amide bonds. The molecule has 1 aromatic heterocycles. The molecule has 0 bridgehead atoms. The molecule has 2 heterocycles. The van der Waals surface area contributed by atoms with Crippen molar-refractivity contribution in [1.29, 1.82) is 0 Å². The summed E-state index contributed by atoms with van der Waals surface area (Å²) in [5.41, 5.74) is 2.70. The summed E-state index contributed by atoms with van der Waals surface area (Å²) in [6.45, 7) is -0.712. The zero-order valence-corrected chi connectivity index (χ0v) is 16.8. The molecule has 1 aliphatic heterocycles. The smallest absolute Gasteiger partial charge is 0.389 e. The van der Waals surface area contributed by atoms with E-state index >= 15 is 0 Å². The molecule has 0 unspecified atom stereocenters. The minimum atomic E-state index is -3.11. The Labute approximate surface area is 176 Å². The summed E-state index contributed by atoms with van der Waals surface area (Å²) in [6.07, 6.45) is -2.75. The number of aromatic nitrogens is 1. The second kappa shape index (κ2) is 8.56. The third-order valence-electron chi connectivity index (χ3n) is 3.92. The van der Waals surface area contributed by atoms with Crippen molar-refractivity contribution in [2.24, 2.45) is 10.7 Å². The molecule has 0 aliphatic carbocycles. The molecule has 0 radical (unpaired) electrons. The van der Waals surface area contributed by atoms with Crippen LogP contribution in [0.25, 0.3) is 0 Å². The average molecular weight is 494 g/mol. The fraction of sp³-hybridized carbons (Fsp3) is 0.235. The highest BCUT2D eigenvalue weighted by atomic mass is 79.9. The van der Waals surface area contributed by atoms with Gasteiger partial charge in [-0.25, -0.2) is 22.9 Å².